The summed E-state index contributed by atoms with van der Waals surface area (Å²) >= 11 is 7.68. The van der Waals surface area contributed by atoms with Gasteiger partial charge in [-0.1, -0.05) is 17.7 Å². The minimum absolute atomic E-state index is 0.00102. The average Bonchev–Trinajstić information content (AvgIpc) is 3.16. The van der Waals surface area contributed by atoms with E-state index < -0.39 is 10.8 Å². The molecular weight excluding hydrogens is 374 g/mol. The molecule has 0 spiro atoms. The number of piperidine rings is 1. The molecule has 2 heterocycles. The van der Waals surface area contributed by atoms with Gasteiger partial charge in [-0.2, -0.15) is 0 Å². The van der Waals surface area contributed by atoms with Gasteiger partial charge in [0.2, 0.25) is 0 Å². The molecule has 2 aromatic rings. The minimum atomic E-state index is -0.569. The Hall–Kier alpha value is -1.96. The van der Waals surface area contributed by atoms with Crippen LogP contribution in [0.5, 0.6) is 0 Å². The Kier molecular flexibility index (Phi) is 6.24. The highest BCUT2D eigenvalue weighted by atomic mass is 35.5. The summed E-state index contributed by atoms with van der Waals surface area (Å²) in [5.74, 6) is 0.169. The summed E-state index contributed by atoms with van der Waals surface area (Å²) in [6, 6.07) is 8.29. The first-order valence-electron chi connectivity index (χ1n) is 8.52. The molecule has 0 atom stereocenters. The molecule has 1 aromatic carbocycles. The van der Waals surface area contributed by atoms with E-state index in [0.29, 0.717) is 17.5 Å². The lowest BCUT2D eigenvalue weighted by atomic mass is 9.95. The van der Waals surface area contributed by atoms with Crippen LogP contribution in [0.25, 0.3) is 0 Å². The number of nitro benzene ring substituents is 1. The molecule has 1 aromatic heterocycles. The van der Waals surface area contributed by atoms with Gasteiger partial charge >= 0.3 is 0 Å². The zero-order chi connectivity index (χ0) is 18.5. The topological polar surface area (TPSA) is 75.5 Å². The summed E-state index contributed by atoms with van der Waals surface area (Å²) in [4.78, 5) is 26.5. The van der Waals surface area contributed by atoms with Gasteiger partial charge in [-0.3, -0.25) is 14.9 Å². The first-order valence-corrected chi connectivity index (χ1v) is 9.78. The number of amides is 1. The molecule has 0 aliphatic carbocycles. The number of likely N-dealkylation sites (tertiary alicyclic amines) is 1. The lowest BCUT2D eigenvalue weighted by Crippen LogP contribution is -2.39. The highest BCUT2D eigenvalue weighted by Crippen LogP contribution is 2.30. The van der Waals surface area contributed by atoms with E-state index >= 15 is 0 Å². The molecule has 1 amide bonds. The van der Waals surface area contributed by atoms with Crippen molar-refractivity contribution in [1.82, 2.24) is 10.2 Å². The summed E-state index contributed by atoms with van der Waals surface area (Å²) < 4.78 is 0. The van der Waals surface area contributed by atoms with E-state index in [-0.39, 0.29) is 11.3 Å². The first kappa shape index (κ1) is 18.8. The van der Waals surface area contributed by atoms with Crippen LogP contribution < -0.4 is 5.32 Å². The van der Waals surface area contributed by atoms with Gasteiger partial charge in [0, 0.05) is 29.1 Å². The number of benzene rings is 1. The average molecular weight is 394 g/mol. The van der Waals surface area contributed by atoms with Gasteiger partial charge in [-0.15, -0.1) is 11.3 Å². The van der Waals surface area contributed by atoms with Crippen LogP contribution in [0.4, 0.5) is 5.69 Å². The number of hydrogen-bond donors (Lipinski definition) is 1. The number of hydrogen-bond acceptors (Lipinski definition) is 5. The van der Waals surface area contributed by atoms with Gasteiger partial charge in [0.1, 0.15) is 5.56 Å². The largest absolute Gasteiger partial charge is 0.351 e. The Bertz CT molecular complexity index is 774. The van der Waals surface area contributed by atoms with Crippen LogP contribution in [0.15, 0.2) is 35.7 Å². The fourth-order valence-corrected chi connectivity index (χ4v) is 4.31. The van der Waals surface area contributed by atoms with Crippen LogP contribution in [0.2, 0.25) is 5.02 Å². The summed E-state index contributed by atoms with van der Waals surface area (Å²) in [6.07, 6.45) is 2.24. The Balaban J connectivity index is 1.48. The van der Waals surface area contributed by atoms with Crippen molar-refractivity contribution in [3.8, 4) is 0 Å². The molecule has 0 saturated carbocycles. The zero-order valence-electron chi connectivity index (χ0n) is 14.2. The predicted octanol–water partition coefficient (Wildman–Crippen LogP) is 3.92. The van der Waals surface area contributed by atoms with Gasteiger partial charge in [-0.25, -0.2) is 0 Å². The SMILES string of the molecule is O=C(NCCN1CCC(c2cccs2)CC1)c1cc(Cl)ccc1[N+](=O)[O-]. The summed E-state index contributed by atoms with van der Waals surface area (Å²) in [5.41, 5.74) is -0.234. The fraction of sp³-hybridized carbons (Fsp3) is 0.389. The monoisotopic (exact) mass is 393 g/mol. The van der Waals surface area contributed by atoms with Crippen molar-refractivity contribution < 1.29 is 9.72 Å². The smallest absolute Gasteiger partial charge is 0.282 e. The van der Waals surface area contributed by atoms with Gasteiger partial charge in [-0.05, 0) is 55.4 Å². The maximum atomic E-state index is 12.3. The van der Waals surface area contributed by atoms with Crippen molar-refractivity contribution >= 4 is 34.5 Å². The van der Waals surface area contributed by atoms with E-state index in [1.165, 1.54) is 23.1 Å². The molecule has 138 valence electrons. The second-order valence-electron chi connectivity index (χ2n) is 6.31. The molecule has 1 aliphatic heterocycles. The fourth-order valence-electron chi connectivity index (χ4n) is 3.24. The van der Waals surface area contributed by atoms with E-state index in [4.69, 9.17) is 11.6 Å². The van der Waals surface area contributed by atoms with E-state index in [0.717, 1.165) is 32.5 Å². The second kappa shape index (κ2) is 8.62. The van der Waals surface area contributed by atoms with Gasteiger partial charge < -0.3 is 10.2 Å². The van der Waals surface area contributed by atoms with Crippen LogP contribution in [-0.2, 0) is 0 Å². The molecule has 1 saturated heterocycles. The van der Waals surface area contributed by atoms with Crippen molar-refractivity contribution in [1.29, 1.82) is 0 Å². The lowest BCUT2D eigenvalue weighted by Gasteiger charge is -2.31. The Morgan fingerprint density at radius 2 is 2.12 bits per heavy atom. The van der Waals surface area contributed by atoms with Gasteiger partial charge in [0.15, 0.2) is 0 Å². The number of thiophene rings is 1. The predicted molar refractivity (Wildman–Crippen MR) is 103 cm³/mol. The maximum Gasteiger partial charge on any atom is 0.282 e. The quantitative estimate of drug-likeness (QED) is 0.596. The first-order chi connectivity index (χ1) is 12.5. The van der Waals surface area contributed by atoms with Crippen molar-refractivity contribution in [3.05, 3.63) is 61.3 Å². The summed E-state index contributed by atoms with van der Waals surface area (Å²) in [7, 11) is 0. The van der Waals surface area contributed by atoms with Crippen molar-refractivity contribution in [2.75, 3.05) is 26.2 Å². The highest BCUT2D eigenvalue weighted by Gasteiger charge is 2.22. The van der Waals surface area contributed by atoms with E-state index in [1.807, 2.05) is 11.3 Å². The molecular formula is C18H20ClN3O3S. The molecule has 1 N–H and O–H groups in total. The van der Waals surface area contributed by atoms with Gasteiger partial charge in [0.05, 0.1) is 4.92 Å². The maximum absolute atomic E-state index is 12.3. The Labute approximate surface area is 160 Å². The van der Waals surface area contributed by atoms with Crippen LogP contribution in [0.1, 0.15) is 34.0 Å². The number of nitrogens with zero attached hydrogens (tertiary/aromatic N) is 2. The van der Waals surface area contributed by atoms with Crippen molar-refractivity contribution in [2.24, 2.45) is 0 Å². The number of carbonyl (C=O) groups excluding carboxylic acids is 1. The van der Waals surface area contributed by atoms with Crippen LogP contribution in [0.3, 0.4) is 0 Å². The van der Waals surface area contributed by atoms with Crippen LogP contribution in [0, 0.1) is 10.1 Å². The van der Waals surface area contributed by atoms with E-state index in [1.54, 1.807) is 0 Å². The van der Waals surface area contributed by atoms with Crippen molar-refractivity contribution in [3.63, 3.8) is 0 Å². The number of carbonyl (C=O) groups is 1. The van der Waals surface area contributed by atoms with E-state index in [9.17, 15) is 14.9 Å². The summed E-state index contributed by atoms with van der Waals surface area (Å²) in [6.45, 7) is 3.18. The molecule has 0 bridgehead atoms. The normalized spacial score (nSPS) is 15.7. The van der Waals surface area contributed by atoms with Crippen LogP contribution in [-0.4, -0.2) is 41.9 Å². The molecule has 8 heteroatoms. The molecule has 0 unspecified atom stereocenters. The minimum Gasteiger partial charge on any atom is -0.351 e. The highest BCUT2D eigenvalue weighted by molar-refractivity contribution is 7.10. The summed E-state index contributed by atoms with van der Waals surface area (Å²) in [5, 5.41) is 16.2. The standard InChI is InChI=1S/C18H20ClN3O3S/c19-14-3-4-16(22(24)25)15(12-14)18(23)20-7-10-21-8-5-13(6-9-21)17-2-1-11-26-17/h1-4,11-13H,5-10H2,(H,20,23). The number of nitro groups is 1. The third-order valence-electron chi connectivity index (χ3n) is 4.65. The molecule has 1 fully saturated rings. The Morgan fingerprint density at radius 3 is 2.77 bits per heavy atom. The lowest BCUT2D eigenvalue weighted by molar-refractivity contribution is -0.385. The number of rotatable bonds is 6. The van der Waals surface area contributed by atoms with E-state index in [2.05, 4.69) is 27.7 Å². The van der Waals surface area contributed by atoms with Gasteiger partial charge in [0.25, 0.3) is 11.6 Å². The number of nitrogens with one attached hydrogen (secondary N) is 1. The number of halogens is 1. The zero-order valence-corrected chi connectivity index (χ0v) is 15.8. The van der Waals surface area contributed by atoms with Crippen LogP contribution >= 0.6 is 22.9 Å². The molecule has 6 nitrogen and oxygen atoms in total. The Morgan fingerprint density at radius 1 is 1.35 bits per heavy atom. The third kappa shape index (κ3) is 4.60. The molecule has 1 aliphatic rings. The molecule has 0 radical (unpaired) electrons. The molecule has 26 heavy (non-hydrogen) atoms. The van der Waals surface area contributed by atoms with Crippen molar-refractivity contribution in [2.45, 2.75) is 18.8 Å². The third-order valence-corrected chi connectivity index (χ3v) is 5.92. The second-order valence-corrected chi connectivity index (χ2v) is 7.72. The molecule has 3 rings (SSSR count).